The van der Waals surface area contributed by atoms with Crippen molar-refractivity contribution in [1.29, 1.82) is 0 Å². The highest BCUT2D eigenvalue weighted by Crippen LogP contribution is 2.44. The molecule has 1 N–H and O–H groups in total. The molecule has 0 unspecified atom stereocenters. The van der Waals surface area contributed by atoms with Crippen LogP contribution >= 0.6 is 22.6 Å². The Morgan fingerprint density at radius 2 is 2.04 bits per heavy atom. The van der Waals surface area contributed by atoms with Gasteiger partial charge in [-0.2, -0.15) is 0 Å². The van der Waals surface area contributed by atoms with Crippen LogP contribution in [0.25, 0.3) is 0 Å². The highest BCUT2D eigenvalue weighted by Gasteiger charge is 2.57. The molecule has 1 saturated heterocycles. The fourth-order valence-corrected chi connectivity index (χ4v) is 3.53. The molecule has 3 rings (SSSR count). The Morgan fingerprint density at radius 3 is 2.65 bits per heavy atom. The lowest BCUT2D eigenvalue weighted by Gasteiger charge is -2.25. The fourth-order valence-electron chi connectivity index (χ4n) is 2.92. The van der Waals surface area contributed by atoms with Gasteiger partial charge in [0.1, 0.15) is 6.23 Å². The minimum Gasteiger partial charge on any atom is -0.452 e. The Hall–Kier alpha value is -2.01. The number of halogens is 2. The summed E-state index contributed by atoms with van der Waals surface area (Å²) in [6.07, 6.45) is -0.999. The van der Waals surface area contributed by atoms with Gasteiger partial charge in [-0.1, -0.05) is 47.7 Å². The molecule has 0 saturated carbocycles. The first-order valence-corrected chi connectivity index (χ1v) is 9.38. The lowest BCUT2D eigenvalue weighted by Crippen LogP contribution is -2.41. The van der Waals surface area contributed by atoms with Gasteiger partial charge in [-0.05, 0) is 12.1 Å². The van der Waals surface area contributed by atoms with Crippen LogP contribution < -0.4 is 11.2 Å². The summed E-state index contributed by atoms with van der Waals surface area (Å²) in [6.45, 7) is 1.62. The van der Waals surface area contributed by atoms with Crippen LogP contribution in [-0.4, -0.2) is 31.9 Å². The number of alkyl halides is 2. The maximum atomic E-state index is 15.3. The average molecular weight is 474 g/mol. The van der Waals surface area contributed by atoms with Crippen molar-refractivity contribution in [2.24, 2.45) is 5.92 Å². The van der Waals surface area contributed by atoms with Crippen LogP contribution in [0.5, 0.6) is 0 Å². The molecule has 0 bridgehead atoms. The molecule has 1 aromatic carbocycles. The second-order valence-electron chi connectivity index (χ2n) is 6.00. The van der Waals surface area contributed by atoms with E-state index in [2.05, 4.69) is 4.98 Å². The van der Waals surface area contributed by atoms with E-state index in [1.165, 1.54) is 6.20 Å². The number of benzene rings is 1. The zero-order valence-electron chi connectivity index (χ0n) is 13.7. The summed E-state index contributed by atoms with van der Waals surface area (Å²) < 4.78 is 27.1. The number of H-pyrrole nitrogens is 1. The number of aromatic nitrogens is 2. The van der Waals surface area contributed by atoms with Gasteiger partial charge < -0.3 is 9.47 Å². The van der Waals surface area contributed by atoms with Crippen molar-refractivity contribution < 1.29 is 18.7 Å². The van der Waals surface area contributed by atoms with Crippen LogP contribution in [0.15, 0.2) is 52.2 Å². The number of carbonyl (C=O) groups excluding carboxylic acids is 1. The monoisotopic (exact) mass is 474 g/mol. The summed E-state index contributed by atoms with van der Waals surface area (Å²) in [5, 5.41) is 0. The predicted molar refractivity (Wildman–Crippen MR) is 99.0 cm³/mol. The molecule has 1 aliphatic heterocycles. The van der Waals surface area contributed by atoms with E-state index in [9.17, 15) is 14.4 Å². The van der Waals surface area contributed by atoms with Crippen LogP contribution in [0.1, 0.15) is 23.5 Å². The third-order valence-corrected chi connectivity index (χ3v) is 5.26. The number of carbonyl (C=O) groups is 1. The predicted octanol–water partition coefficient (Wildman–Crippen LogP) is 2.03. The minimum atomic E-state index is -2.26. The number of hydrogen-bond acceptors (Lipinski definition) is 5. The first kappa shape index (κ1) is 18.8. The van der Waals surface area contributed by atoms with Crippen LogP contribution in [0.2, 0.25) is 0 Å². The molecular weight excluding hydrogens is 458 g/mol. The smallest absolute Gasteiger partial charge is 0.338 e. The zero-order chi connectivity index (χ0) is 18.9. The van der Waals surface area contributed by atoms with Crippen LogP contribution in [-0.2, 0) is 9.47 Å². The van der Waals surface area contributed by atoms with Crippen molar-refractivity contribution in [2.45, 2.75) is 25.1 Å². The Kier molecular flexibility index (Phi) is 5.28. The van der Waals surface area contributed by atoms with Crippen LogP contribution in [0, 0.1) is 5.92 Å². The maximum Gasteiger partial charge on any atom is 0.338 e. The van der Waals surface area contributed by atoms with E-state index in [1.54, 1.807) is 59.8 Å². The second-order valence-corrected chi connectivity index (χ2v) is 6.76. The number of nitrogens with zero attached hydrogens (tertiary/aromatic N) is 1. The van der Waals surface area contributed by atoms with Crippen molar-refractivity contribution in [3.63, 3.8) is 0 Å². The third kappa shape index (κ3) is 3.45. The van der Waals surface area contributed by atoms with Crippen molar-refractivity contribution >= 4 is 28.6 Å². The van der Waals surface area contributed by atoms with Gasteiger partial charge in [-0.3, -0.25) is 14.3 Å². The lowest BCUT2D eigenvalue weighted by molar-refractivity contribution is -0.170. The Labute approximate surface area is 161 Å². The molecule has 2 heterocycles. The molecule has 7 nitrogen and oxygen atoms in total. The summed E-state index contributed by atoms with van der Waals surface area (Å²) in [5.41, 5.74) is -0.996. The van der Waals surface area contributed by atoms with Crippen molar-refractivity contribution in [1.82, 2.24) is 9.55 Å². The SMILES string of the molecule is C[C@@H]1[C@H](n2ccc(=O)[nH]c2=O)O[C@](F)(CI)[C@H]1OC(=O)c1ccccc1. The minimum absolute atomic E-state index is 0.101. The molecule has 138 valence electrons. The van der Waals surface area contributed by atoms with Gasteiger partial charge in [0.2, 0.25) is 0 Å². The number of aromatic amines is 1. The van der Waals surface area contributed by atoms with Gasteiger partial charge in [0.15, 0.2) is 6.10 Å². The van der Waals surface area contributed by atoms with E-state index in [0.29, 0.717) is 5.56 Å². The molecular formula is C17H16FIN2O5. The molecule has 9 heteroatoms. The molecule has 0 aliphatic carbocycles. The van der Waals surface area contributed by atoms with E-state index < -0.39 is 41.3 Å². The van der Waals surface area contributed by atoms with Crippen molar-refractivity contribution in [3.8, 4) is 0 Å². The molecule has 0 spiro atoms. The lowest BCUT2D eigenvalue weighted by atomic mass is 10.0. The Morgan fingerprint density at radius 1 is 1.35 bits per heavy atom. The summed E-state index contributed by atoms with van der Waals surface area (Å²) >= 11 is 1.80. The van der Waals surface area contributed by atoms with E-state index in [1.807, 2.05) is 0 Å². The molecule has 4 atom stereocenters. The van der Waals surface area contributed by atoms with Crippen molar-refractivity contribution in [2.75, 3.05) is 4.43 Å². The summed E-state index contributed by atoms with van der Waals surface area (Å²) in [6, 6.07) is 9.38. The van der Waals surface area contributed by atoms with Gasteiger partial charge in [-0.25, -0.2) is 14.0 Å². The third-order valence-electron chi connectivity index (χ3n) is 4.22. The number of rotatable bonds is 4. The van der Waals surface area contributed by atoms with Crippen LogP contribution in [0.3, 0.4) is 0 Å². The summed E-state index contributed by atoms with van der Waals surface area (Å²) in [4.78, 5) is 37.7. The highest BCUT2D eigenvalue weighted by molar-refractivity contribution is 14.1. The van der Waals surface area contributed by atoms with Gasteiger partial charge in [0.05, 0.1) is 9.99 Å². The average Bonchev–Trinajstić information content (AvgIpc) is 2.88. The molecule has 2 aromatic rings. The molecule has 0 radical (unpaired) electrons. The zero-order valence-corrected chi connectivity index (χ0v) is 15.9. The van der Waals surface area contributed by atoms with Crippen molar-refractivity contribution in [3.05, 3.63) is 69.0 Å². The van der Waals surface area contributed by atoms with E-state index >= 15 is 4.39 Å². The molecule has 1 aromatic heterocycles. The fraction of sp³-hybridized carbons (Fsp3) is 0.353. The highest BCUT2D eigenvalue weighted by atomic mass is 127. The van der Waals surface area contributed by atoms with Gasteiger partial charge in [0.25, 0.3) is 11.4 Å². The topological polar surface area (TPSA) is 90.4 Å². The van der Waals surface area contributed by atoms with E-state index in [4.69, 9.17) is 9.47 Å². The first-order valence-electron chi connectivity index (χ1n) is 7.86. The number of hydrogen-bond donors (Lipinski definition) is 1. The number of esters is 1. The number of nitrogens with one attached hydrogen (secondary N) is 1. The van der Waals surface area contributed by atoms with Gasteiger partial charge in [0, 0.05) is 18.2 Å². The molecule has 26 heavy (non-hydrogen) atoms. The Bertz CT molecular complexity index is 915. The van der Waals surface area contributed by atoms with Gasteiger partial charge >= 0.3 is 11.7 Å². The largest absolute Gasteiger partial charge is 0.452 e. The summed E-state index contributed by atoms with van der Waals surface area (Å²) in [5.74, 6) is -3.59. The maximum absolute atomic E-state index is 15.3. The quantitative estimate of drug-likeness (QED) is 0.416. The Balaban J connectivity index is 1.90. The standard InChI is InChI=1S/C17H16FIN2O5/c1-10-13(25-15(23)11-5-3-2-4-6-11)17(18,9-19)26-14(10)21-8-7-12(22)20-16(21)24/h2-8,10,13-14H,9H2,1H3,(H,20,22,24)/t10-,13-,14+,17+/m0/s1. The molecule has 1 aliphatic rings. The normalized spacial score (nSPS) is 28.0. The van der Waals surface area contributed by atoms with E-state index in [-0.39, 0.29) is 4.43 Å². The molecule has 1 fully saturated rings. The number of ether oxygens (including phenoxy) is 2. The van der Waals surface area contributed by atoms with E-state index in [0.717, 1.165) is 10.6 Å². The van der Waals surface area contributed by atoms with Crippen LogP contribution in [0.4, 0.5) is 4.39 Å². The second kappa shape index (κ2) is 7.31. The van der Waals surface area contributed by atoms with Gasteiger partial charge in [-0.15, -0.1) is 0 Å². The molecule has 0 amide bonds. The first-order chi connectivity index (χ1) is 12.4. The summed E-state index contributed by atoms with van der Waals surface area (Å²) in [7, 11) is 0.